The number of carboxylic acid groups (broad SMARTS) is 1. The van der Waals surface area contributed by atoms with E-state index in [9.17, 15) is 9.59 Å². The normalized spacial score (nSPS) is 11.8. The zero-order chi connectivity index (χ0) is 14.1. The summed E-state index contributed by atoms with van der Waals surface area (Å²) in [4.78, 5) is 29.3. The number of aromatic nitrogens is 2. The monoisotopic (exact) mass is 268 g/mol. The standard InChI is InChI=1S/C12H20N4O3/c1-2-3-4-10(11(17)18)16-12(19)14-6-5-9-7-13-8-15-9/h7-8,10H,2-6H2,1H3,(H,13,15)(H,17,18)(H2,14,16,19)/t10-/m0/s1. The first-order chi connectivity index (χ1) is 9.13. The molecule has 0 aliphatic heterocycles. The van der Waals surface area contributed by atoms with Gasteiger partial charge in [-0.2, -0.15) is 0 Å². The largest absolute Gasteiger partial charge is 0.480 e. The first-order valence-electron chi connectivity index (χ1n) is 6.38. The lowest BCUT2D eigenvalue weighted by Gasteiger charge is -2.14. The van der Waals surface area contributed by atoms with Gasteiger partial charge in [-0.3, -0.25) is 0 Å². The topological polar surface area (TPSA) is 107 Å². The van der Waals surface area contributed by atoms with Gasteiger partial charge in [0.1, 0.15) is 6.04 Å². The van der Waals surface area contributed by atoms with Gasteiger partial charge < -0.3 is 20.7 Å². The van der Waals surface area contributed by atoms with Crippen molar-refractivity contribution in [1.29, 1.82) is 0 Å². The van der Waals surface area contributed by atoms with Crippen LogP contribution >= 0.6 is 0 Å². The van der Waals surface area contributed by atoms with Crippen LogP contribution in [-0.4, -0.2) is 39.7 Å². The van der Waals surface area contributed by atoms with Crippen molar-refractivity contribution >= 4 is 12.0 Å². The van der Waals surface area contributed by atoms with Crippen LogP contribution in [0.4, 0.5) is 4.79 Å². The number of hydrogen-bond donors (Lipinski definition) is 4. The Morgan fingerprint density at radius 3 is 2.89 bits per heavy atom. The number of aromatic amines is 1. The van der Waals surface area contributed by atoms with E-state index in [-0.39, 0.29) is 0 Å². The van der Waals surface area contributed by atoms with Crippen molar-refractivity contribution in [2.24, 2.45) is 0 Å². The molecular formula is C12H20N4O3. The van der Waals surface area contributed by atoms with Crippen LogP contribution < -0.4 is 10.6 Å². The lowest BCUT2D eigenvalue weighted by molar-refractivity contribution is -0.139. The first-order valence-corrected chi connectivity index (χ1v) is 6.38. The minimum absolute atomic E-state index is 0.425. The summed E-state index contributed by atoms with van der Waals surface area (Å²) in [6.45, 7) is 2.40. The highest BCUT2D eigenvalue weighted by molar-refractivity contribution is 5.82. The Morgan fingerprint density at radius 2 is 2.32 bits per heavy atom. The maximum atomic E-state index is 11.5. The molecule has 2 amide bonds. The smallest absolute Gasteiger partial charge is 0.326 e. The number of H-pyrrole nitrogens is 1. The summed E-state index contributed by atoms with van der Waals surface area (Å²) < 4.78 is 0. The number of rotatable bonds is 8. The van der Waals surface area contributed by atoms with Crippen LogP contribution in [0.1, 0.15) is 31.9 Å². The van der Waals surface area contributed by atoms with Crippen molar-refractivity contribution in [1.82, 2.24) is 20.6 Å². The van der Waals surface area contributed by atoms with Crippen LogP contribution in [-0.2, 0) is 11.2 Å². The molecule has 19 heavy (non-hydrogen) atoms. The number of carboxylic acids is 1. The number of amides is 2. The molecule has 1 heterocycles. The van der Waals surface area contributed by atoms with Gasteiger partial charge in [0.2, 0.25) is 0 Å². The molecule has 1 rings (SSSR count). The molecule has 0 saturated carbocycles. The van der Waals surface area contributed by atoms with Gasteiger partial charge in [-0.15, -0.1) is 0 Å². The Bertz CT molecular complexity index is 392. The summed E-state index contributed by atoms with van der Waals surface area (Å²) in [6, 6.07) is -1.28. The van der Waals surface area contributed by atoms with Crippen LogP contribution in [0, 0.1) is 0 Å². The molecule has 0 saturated heterocycles. The predicted molar refractivity (Wildman–Crippen MR) is 69.8 cm³/mol. The van der Waals surface area contributed by atoms with E-state index >= 15 is 0 Å². The summed E-state index contributed by atoms with van der Waals surface area (Å²) in [5.74, 6) is -1.00. The Kier molecular flexibility index (Phi) is 6.42. The van der Waals surface area contributed by atoms with Gasteiger partial charge in [-0.1, -0.05) is 19.8 Å². The lowest BCUT2D eigenvalue weighted by atomic mass is 10.1. The second-order valence-corrected chi connectivity index (χ2v) is 4.26. The van der Waals surface area contributed by atoms with Crippen molar-refractivity contribution in [2.75, 3.05) is 6.54 Å². The van der Waals surface area contributed by atoms with E-state index in [1.165, 1.54) is 0 Å². The third-order valence-corrected chi connectivity index (χ3v) is 2.68. The quantitative estimate of drug-likeness (QED) is 0.561. The van der Waals surface area contributed by atoms with Gasteiger partial charge in [0.05, 0.1) is 6.33 Å². The number of unbranched alkanes of at least 4 members (excludes halogenated alkanes) is 1. The first kappa shape index (κ1) is 15.0. The molecule has 0 bridgehead atoms. The predicted octanol–water partition coefficient (Wildman–Crippen LogP) is 0.895. The average Bonchev–Trinajstić information content (AvgIpc) is 2.87. The van der Waals surface area contributed by atoms with Crippen LogP contribution in [0.5, 0.6) is 0 Å². The van der Waals surface area contributed by atoms with Crippen molar-refractivity contribution in [3.63, 3.8) is 0 Å². The van der Waals surface area contributed by atoms with Crippen LogP contribution in [0.25, 0.3) is 0 Å². The van der Waals surface area contributed by atoms with Gasteiger partial charge in [0.25, 0.3) is 0 Å². The molecule has 1 aromatic rings. The highest BCUT2D eigenvalue weighted by Gasteiger charge is 2.18. The lowest BCUT2D eigenvalue weighted by Crippen LogP contribution is -2.46. The van der Waals surface area contributed by atoms with E-state index < -0.39 is 18.0 Å². The van der Waals surface area contributed by atoms with E-state index in [1.54, 1.807) is 12.5 Å². The molecule has 1 atom stereocenters. The molecule has 1 aromatic heterocycles. The minimum Gasteiger partial charge on any atom is -0.480 e. The summed E-state index contributed by atoms with van der Waals surface area (Å²) in [5.41, 5.74) is 0.918. The van der Waals surface area contributed by atoms with Crippen LogP contribution in [0.2, 0.25) is 0 Å². The number of imidazole rings is 1. The summed E-state index contributed by atoms with van der Waals surface area (Å²) in [5, 5.41) is 14.0. The zero-order valence-electron chi connectivity index (χ0n) is 11.0. The zero-order valence-corrected chi connectivity index (χ0v) is 11.0. The molecule has 106 valence electrons. The molecule has 4 N–H and O–H groups in total. The number of carbonyl (C=O) groups excluding carboxylic acids is 1. The number of nitrogens with one attached hydrogen (secondary N) is 3. The molecule has 0 aliphatic carbocycles. The van der Waals surface area contributed by atoms with Gasteiger partial charge in [-0.05, 0) is 6.42 Å². The SMILES string of the molecule is CCCC[C@H](NC(=O)NCCc1cnc[nH]1)C(=O)O. The Balaban J connectivity index is 2.25. The minimum atomic E-state index is -1.00. The summed E-state index contributed by atoms with van der Waals surface area (Å²) in [7, 11) is 0. The van der Waals surface area contributed by atoms with E-state index in [1.807, 2.05) is 6.92 Å². The molecule has 0 unspecified atom stereocenters. The molecule has 0 fully saturated rings. The number of urea groups is 1. The fourth-order valence-corrected chi connectivity index (χ4v) is 1.61. The Hall–Kier alpha value is -2.05. The van der Waals surface area contributed by atoms with Gasteiger partial charge in [0, 0.05) is 24.9 Å². The summed E-state index contributed by atoms with van der Waals surface area (Å²) >= 11 is 0. The second-order valence-electron chi connectivity index (χ2n) is 4.26. The third kappa shape index (κ3) is 5.89. The Morgan fingerprint density at radius 1 is 1.53 bits per heavy atom. The van der Waals surface area contributed by atoms with Crippen molar-refractivity contribution in [3.8, 4) is 0 Å². The molecule has 0 aromatic carbocycles. The van der Waals surface area contributed by atoms with Crippen molar-refractivity contribution in [3.05, 3.63) is 18.2 Å². The highest BCUT2D eigenvalue weighted by Crippen LogP contribution is 2.00. The second kappa shape index (κ2) is 8.12. The fourth-order valence-electron chi connectivity index (χ4n) is 1.61. The van der Waals surface area contributed by atoms with Gasteiger partial charge in [0.15, 0.2) is 0 Å². The van der Waals surface area contributed by atoms with Crippen molar-refractivity contribution in [2.45, 2.75) is 38.6 Å². The highest BCUT2D eigenvalue weighted by atomic mass is 16.4. The number of aliphatic carboxylic acids is 1. The number of hydrogen-bond acceptors (Lipinski definition) is 3. The number of carbonyl (C=O) groups is 2. The summed E-state index contributed by atoms with van der Waals surface area (Å²) in [6.07, 6.45) is 5.99. The molecule has 0 radical (unpaired) electrons. The maximum absolute atomic E-state index is 11.5. The third-order valence-electron chi connectivity index (χ3n) is 2.68. The van der Waals surface area contributed by atoms with Gasteiger partial charge in [-0.25, -0.2) is 14.6 Å². The molecule has 7 heteroatoms. The average molecular weight is 268 g/mol. The van der Waals surface area contributed by atoms with E-state index in [0.717, 1.165) is 18.5 Å². The van der Waals surface area contributed by atoms with E-state index in [2.05, 4.69) is 20.6 Å². The molecule has 0 aliphatic rings. The molecular weight excluding hydrogens is 248 g/mol. The van der Waals surface area contributed by atoms with Gasteiger partial charge >= 0.3 is 12.0 Å². The fraction of sp³-hybridized carbons (Fsp3) is 0.583. The Labute approximate surface area is 111 Å². The van der Waals surface area contributed by atoms with Crippen LogP contribution in [0.15, 0.2) is 12.5 Å². The van der Waals surface area contributed by atoms with E-state index in [4.69, 9.17) is 5.11 Å². The van der Waals surface area contributed by atoms with Crippen molar-refractivity contribution < 1.29 is 14.7 Å². The molecule has 0 spiro atoms. The number of nitrogens with zero attached hydrogens (tertiary/aromatic N) is 1. The van der Waals surface area contributed by atoms with E-state index in [0.29, 0.717) is 19.4 Å². The maximum Gasteiger partial charge on any atom is 0.326 e. The van der Waals surface area contributed by atoms with Crippen LogP contribution in [0.3, 0.4) is 0 Å². The molecule has 7 nitrogen and oxygen atoms in total.